The molecule has 2 aliphatic rings. The number of hydrogen-bond acceptors (Lipinski definition) is 0. The molecule has 2 aromatic rings. The molecule has 0 saturated heterocycles. The molecule has 1 heterocycles. The number of benzene rings is 1. The van der Waals surface area contributed by atoms with Crippen molar-refractivity contribution in [3.05, 3.63) is 83.4 Å². The molecular weight excluding hydrogens is 421 g/mol. The summed E-state index contributed by atoms with van der Waals surface area (Å²) in [5, 5.41) is 0. The van der Waals surface area contributed by atoms with Crippen molar-refractivity contribution < 1.29 is 48.0 Å². The summed E-state index contributed by atoms with van der Waals surface area (Å²) in [4.78, 5) is 0. The van der Waals surface area contributed by atoms with Gasteiger partial charge in [-0.1, -0.05) is 0 Å². The minimum Gasteiger partial charge on any atom is -1.00 e. The second-order valence-corrected chi connectivity index (χ2v) is 11.2. The summed E-state index contributed by atoms with van der Waals surface area (Å²) in [6.07, 6.45) is 8.38. The zero-order valence-electron chi connectivity index (χ0n) is 12.8. The van der Waals surface area contributed by atoms with Crippen LogP contribution in [0.3, 0.4) is 0 Å². The molecule has 0 radical (unpaired) electrons. The second kappa shape index (κ2) is 8.18. The first-order valence-electron chi connectivity index (χ1n) is 7.39. The zero-order valence-corrected chi connectivity index (χ0v) is 17.7. The van der Waals surface area contributed by atoms with E-state index in [0.29, 0.717) is 5.66 Å². The molecule has 23 heavy (non-hydrogen) atoms. The van der Waals surface area contributed by atoms with Gasteiger partial charge in [0, 0.05) is 0 Å². The van der Waals surface area contributed by atoms with Gasteiger partial charge in [0.25, 0.3) is 0 Å². The van der Waals surface area contributed by atoms with Gasteiger partial charge in [0.2, 0.25) is 0 Å². The largest absolute Gasteiger partial charge is 1.00 e. The number of hydrogen-bond donors (Lipinski definition) is 0. The van der Waals surface area contributed by atoms with Crippen LogP contribution in [0.15, 0.2) is 72.3 Å². The fraction of sp³-hybridized carbons (Fsp3) is 0.158. The van der Waals surface area contributed by atoms with Gasteiger partial charge >= 0.3 is 139 Å². The van der Waals surface area contributed by atoms with Crippen LogP contribution in [0, 0.1) is 0 Å². The Morgan fingerprint density at radius 1 is 1.04 bits per heavy atom. The van der Waals surface area contributed by atoms with E-state index in [1.165, 1.54) is 12.0 Å². The van der Waals surface area contributed by atoms with Crippen molar-refractivity contribution in [2.75, 3.05) is 0 Å². The van der Waals surface area contributed by atoms with Crippen LogP contribution in [-0.2, 0) is 23.2 Å². The maximum atomic E-state index is 2.52. The fourth-order valence-corrected chi connectivity index (χ4v) is 10.0. The number of allylic oxidation sites excluding steroid dienone is 5. The van der Waals surface area contributed by atoms with Gasteiger partial charge in [0.1, 0.15) is 0 Å². The summed E-state index contributed by atoms with van der Waals surface area (Å²) in [6, 6.07) is 13.5. The number of fused-ring (bicyclic) bond motifs is 1. The van der Waals surface area contributed by atoms with Crippen molar-refractivity contribution in [3.63, 3.8) is 0 Å². The summed E-state index contributed by atoms with van der Waals surface area (Å²) < 4.78 is 3.55. The predicted molar refractivity (Wildman–Crippen MR) is 88.2 cm³/mol. The Balaban J connectivity index is 0.000000960. The van der Waals surface area contributed by atoms with E-state index in [1.54, 1.807) is 17.7 Å². The third-order valence-electron chi connectivity index (χ3n) is 4.28. The van der Waals surface area contributed by atoms with Gasteiger partial charge < -0.3 is 24.8 Å². The van der Waals surface area contributed by atoms with Crippen molar-refractivity contribution in [3.8, 4) is 0 Å². The zero-order chi connectivity index (χ0) is 14.2. The Bertz CT molecular complexity index is 772. The monoisotopic (exact) mass is 436 g/mol. The molecule has 0 bridgehead atoms. The predicted octanol–water partition coefficient (Wildman–Crippen LogP) is -0.0585. The van der Waals surface area contributed by atoms with E-state index in [2.05, 4.69) is 73.1 Å². The van der Waals surface area contributed by atoms with Crippen LogP contribution in [0.1, 0.15) is 30.1 Å². The van der Waals surface area contributed by atoms with Gasteiger partial charge in [-0.3, -0.25) is 0 Å². The third-order valence-corrected chi connectivity index (χ3v) is 11.1. The number of halogens is 2. The molecule has 116 valence electrons. The van der Waals surface area contributed by atoms with E-state index in [9.17, 15) is 0 Å². The first-order valence-corrected chi connectivity index (χ1v) is 11.4. The first kappa shape index (κ1) is 19.0. The summed E-state index contributed by atoms with van der Waals surface area (Å²) >= 11 is -0.624. The van der Waals surface area contributed by atoms with Crippen LogP contribution >= 0.6 is 7.53 Å². The van der Waals surface area contributed by atoms with E-state index in [1.807, 2.05) is 0 Å². The van der Waals surface area contributed by atoms with E-state index in [4.69, 9.17) is 0 Å². The maximum absolute atomic E-state index is 2.52. The Morgan fingerprint density at radius 2 is 1.78 bits per heavy atom. The standard InChI is InChI=1S/C13H10P.C6H7.2ClH.Zr/c1-2-6-12-11(5-1)7-8-13(12)14-9-3-4-10-14;1-6-4-2-3-5-6;;;/h1-7,9-10,13H;2,4H,3H2,1H3;2*1H;/q;;;;+2/p-2. The first-order chi connectivity index (χ1) is 10.3. The molecule has 0 saturated carbocycles. The molecule has 2 aliphatic carbocycles. The van der Waals surface area contributed by atoms with Gasteiger partial charge in [-0.25, -0.2) is 0 Å². The molecule has 0 nitrogen and oxygen atoms in total. The molecule has 1 aromatic heterocycles. The average Bonchev–Trinajstić information content (AvgIpc) is 3.19. The maximum Gasteiger partial charge on any atom is -1.00 e. The van der Waals surface area contributed by atoms with Crippen LogP contribution in [-0.4, -0.2) is 0 Å². The van der Waals surface area contributed by atoms with Crippen molar-refractivity contribution in [1.82, 2.24) is 0 Å². The Hall–Kier alpha value is -0.317. The Labute approximate surface area is 163 Å². The molecule has 4 rings (SSSR count). The third kappa shape index (κ3) is 3.69. The molecule has 1 atom stereocenters. The Morgan fingerprint density at radius 3 is 2.48 bits per heavy atom. The van der Waals surface area contributed by atoms with E-state index in [-0.39, 0.29) is 32.3 Å². The van der Waals surface area contributed by atoms with Gasteiger partial charge in [-0.05, 0) is 0 Å². The molecule has 0 amide bonds. The van der Waals surface area contributed by atoms with Gasteiger partial charge in [0.15, 0.2) is 0 Å². The summed E-state index contributed by atoms with van der Waals surface area (Å²) in [5.41, 5.74) is 5.25. The Kier molecular flexibility index (Phi) is 6.76. The molecule has 4 heteroatoms. The van der Waals surface area contributed by atoms with Crippen molar-refractivity contribution >= 4 is 13.6 Å². The molecular formula is C19H17Cl2PZr. The van der Waals surface area contributed by atoms with E-state index in [0.717, 1.165) is 0 Å². The molecule has 0 fully saturated rings. The van der Waals surface area contributed by atoms with Gasteiger partial charge in [-0.2, -0.15) is 0 Å². The molecule has 0 aliphatic heterocycles. The van der Waals surface area contributed by atoms with E-state index >= 15 is 0 Å². The molecule has 0 spiro atoms. The van der Waals surface area contributed by atoms with Crippen LogP contribution < -0.4 is 24.8 Å². The van der Waals surface area contributed by atoms with Crippen molar-refractivity contribution in [2.24, 2.45) is 0 Å². The van der Waals surface area contributed by atoms with Gasteiger partial charge in [0.05, 0.1) is 0 Å². The molecule has 1 unspecified atom stereocenters. The molecule has 0 N–H and O–H groups in total. The normalized spacial score (nSPS) is 18.0. The van der Waals surface area contributed by atoms with Crippen LogP contribution in [0.5, 0.6) is 0 Å². The van der Waals surface area contributed by atoms with Gasteiger partial charge in [-0.15, -0.1) is 0 Å². The minimum absolute atomic E-state index is 0. The fourth-order valence-electron chi connectivity index (χ4n) is 3.19. The smallest absolute Gasteiger partial charge is 1.00 e. The van der Waals surface area contributed by atoms with Crippen molar-refractivity contribution in [1.29, 1.82) is 0 Å². The topological polar surface area (TPSA) is 0 Å². The summed E-state index contributed by atoms with van der Waals surface area (Å²) in [5.74, 6) is 4.87. The SMILES string of the molecule is CC1=[C]([Zr+2][C]2=Cc3ccccc3C2p2cccc2)CC=C1.[Cl-].[Cl-]. The second-order valence-electron chi connectivity index (χ2n) is 5.65. The summed E-state index contributed by atoms with van der Waals surface area (Å²) in [6.45, 7) is 2.29. The van der Waals surface area contributed by atoms with Crippen LogP contribution in [0.4, 0.5) is 0 Å². The summed E-state index contributed by atoms with van der Waals surface area (Å²) in [7, 11) is -0.137. The van der Waals surface area contributed by atoms with Crippen LogP contribution in [0.2, 0.25) is 0 Å². The molecule has 1 aromatic carbocycles. The minimum atomic E-state index is -0.624. The number of rotatable bonds is 3. The average molecular weight is 438 g/mol. The van der Waals surface area contributed by atoms with Crippen LogP contribution in [0.25, 0.3) is 6.08 Å². The van der Waals surface area contributed by atoms with Crippen molar-refractivity contribution in [2.45, 2.75) is 19.0 Å². The van der Waals surface area contributed by atoms with E-state index < -0.39 is 23.2 Å². The quantitative estimate of drug-likeness (QED) is 0.630.